The van der Waals surface area contributed by atoms with E-state index < -0.39 is 0 Å². The van der Waals surface area contributed by atoms with Crippen LogP contribution in [0.25, 0.3) is 17.1 Å². The number of aryl methyl sites for hydroxylation is 2. The molecule has 1 N–H and O–H groups in total. The van der Waals surface area contributed by atoms with Crippen molar-refractivity contribution >= 4 is 35.0 Å². The number of ether oxygens (including phenoxy) is 1. The van der Waals surface area contributed by atoms with Gasteiger partial charge in [0.1, 0.15) is 5.75 Å². The van der Waals surface area contributed by atoms with Gasteiger partial charge < -0.3 is 10.1 Å². The normalized spacial score (nSPS) is 10.8. The summed E-state index contributed by atoms with van der Waals surface area (Å²) in [6.45, 7) is 4.01. The Labute approximate surface area is 202 Å². The molecule has 33 heavy (non-hydrogen) atoms. The SMILES string of the molecule is COc1ccc(-c2nnc(SCC(=O)Nc3cc(C)cc(C)c3)n2-c2ccc(Cl)cc2)cc1. The summed E-state index contributed by atoms with van der Waals surface area (Å²) in [6.07, 6.45) is 0. The summed E-state index contributed by atoms with van der Waals surface area (Å²) < 4.78 is 7.18. The van der Waals surface area contributed by atoms with E-state index in [0.717, 1.165) is 33.8 Å². The number of methoxy groups -OCH3 is 1. The number of hydrogen-bond acceptors (Lipinski definition) is 5. The number of amides is 1. The zero-order valence-corrected chi connectivity index (χ0v) is 20.1. The molecule has 0 radical (unpaired) electrons. The highest BCUT2D eigenvalue weighted by Gasteiger charge is 2.18. The molecule has 0 aliphatic carbocycles. The lowest BCUT2D eigenvalue weighted by molar-refractivity contribution is -0.113. The van der Waals surface area contributed by atoms with Crippen LogP contribution in [0.15, 0.2) is 71.9 Å². The van der Waals surface area contributed by atoms with Crippen molar-refractivity contribution < 1.29 is 9.53 Å². The molecular weight excluding hydrogens is 456 g/mol. The predicted molar refractivity (Wildman–Crippen MR) is 134 cm³/mol. The van der Waals surface area contributed by atoms with Gasteiger partial charge >= 0.3 is 0 Å². The van der Waals surface area contributed by atoms with E-state index in [9.17, 15) is 4.79 Å². The molecule has 1 aromatic heterocycles. The molecule has 0 aliphatic heterocycles. The Morgan fingerprint density at radius 3 is 2.30 bits per heavy atom. The lowest BCUT2D eigenvalue weighted by atomic mass is 10.1. The highest BCUT2D eigenvalue weighted by molar-refractivity contribution is 7.99. The highest BCUT2D eigenvalue weighted by Crippen LogP contribution is 2.29. The summed E-state index contributed by atoms with van der Waals surface area (Å²) in [5.74, 6) is 1.51. The largest absolute Gasteiger partial charge is 0.497 e. The molecule has 6 nitrogen and oxygen atoms in total. The summed E-state index contributed by atoms with van der Waals surface area (Å²) >= 11 is 7.42. The van der Waals surface area contributed by atoms with E-state index in [1.54, 1.807) is 7.11 Å². The number of hydrogen-bond donors (Lipinski definition) is 1. The number of aromatic nitrogens is 3. The number of carbonyl (C=O) groups excluding carboxylic acids is 1. The topological polar surface area (TPSA) is 69.0 Å². The number of rotatable bonds is 7. The summed E-state index contributed by atoms with van der Waals surface area (Å²) in [6, 6.07) is 21.0. The van der Waals surface area contributed by atoms with Crippen molar-refractivity contribution in [2.75, 3.05) is 18.2 Å². The number of nitrogens with one attached hydrogen (secondary N) is 1. The van der Waals surface area contributed by atoms with Gasteiger partial charge in [0.05, 0.1) is 12.9 Å². The molecule has 8 heteroatoms. The number of nitrogens with zero attached hydrogens (tertiary/aromatic N) is 3. The highest BCUT2D eigenvalue weighted by atomic mass is 35.5. The van der Waals surface area contributed by atoms with Gasteiger partial charge in [0, 0.05) is 22.0 Å². The molecule has 4 rings (SSSR count). The molecule has 0 saturated heterocycles. The average molecular weight is 479 g/mol. The number of anilines is 1. The lowest BCUT2D eigenvalue weighted by Gasteiger charge is -2.11. The summed E-state index contributed by atoms with van der Waals surface area (Å²) in [7, 11) is 1.63. The molecule has 0 unspecified atom stereocenters. The third-order valence-corrected chi connectivity index (χ3v) is 6.09. The minimum absolute atomic E-state index is 0.110. The Bertz CT molecular complexity index is 1250. The number of thioether (sulfide) groups is 1. The smallest absolute Gasteiger partial charge is 0.234 e. The van der Waals surface area contributed by atoms with Crippen LogP contribution in [-0.4, -0.2) is 33.5 Å². The number of carbonyl (C=O) groups is 1. The monoisotopic (exact) mass is 478 g/mol. The van der Waals surface area contributed by atoms with Crippen LogP contribution in [0.3, 0.4) is 0 Å². The number of benzene rings is 3. The minimum Gasteiger partial charge on any atom is -0.497 e. The van der Waals surface area contributed by atoms with Crippen molar-refractivity contribution in [2.45, 2.75) is 19.0 Å². The van der Waals surface area contributed by atoms with E-state index in [0.29, 0.717) is 16.0 Å². The standard InChI is InChI=1S/C25H23ClN4O2S/c1-16-12-17(2)14-20(13-16)27-23(31)15-33-25-29-28-24(18-4-10-22(32-3)11-5-18)30(25)21-8-6-19(26)7-9-21/h4-14H,15H2,1-3H3,(H,27,31). The van der Waals surface area contributed by atoms with Gasteiger partial charge in [-0.25, -0.2) is 0 Å². The van der Waals surface area contributed by atoms with Gasteiger partial charge in [0.15, 0.2) is 11.0 Å². The Morgan fingerprint density at radius 1 is 1.00 bits per heavy atom. The molecule has 0 atom stereocenters. The Morgan fingerprint density at radius 2 is 1.67 bits per heavy atom. The van der Waals surface area contributed by atoms with E-state index in [-0.39, 0.29) is 11.7 Å². The Kier molecular flexibility index (Phi) is 7.01. The molecule has 3 aromatic carbocycles. The lowest BCUT2D eigenvalue weighted by Crippen LogP contribution is -2.14. The zero-order chi connectivity index (χ0) is 23.4. The summed E-state index contributed by atoms with van der Waals surface area (Å²) in [5.41, 5.74) is 4.72. The van der Waals surface area contributed by atoms with Crippen LogP contribution in [0.2, 0.25) is 5.02 Å². The van der Waals surface area contributed by atoms with Crippen LogP contribution >= 0.6 is 23.4 Å². The molecule has 0 spiro atoms. The molecule has 168 valence electrons. The van der Waals surface area contributed by atoms with Crippen molar-refractivity contribution in [3.8, 4) is 22.8 Å². The van der Waals surface area contributed by atoms with Crippen LogP contribution in [0.4, 0.5) is 5.69 Å². The van der Waals surface area contributed by atoms with E-state index in [4.69, 9.17) is 16.3 Å². The third-order valence-electron chi connectivity index (χ3n) is 4.90. The predicted octanol–water partition coefficient (Wildman–Crippen LogP) is 5.94. The van der Waals surface area contributed by atoms with Gasteiger partial charge in [0.25, 0.3) is 0 Å². The maximum absolute atomic E-state index is 12.6. The molecule has 0 bridgehead atoms. The van der Waals surface area contributed by atoms with Gasteiger partial charge in [-0.05, 0) is 85.6 Å². The summed E-state index contributed by atoms with van der Waals surface area (Å²) in [4.78, 5) is 12.6. The second-order valence-electron chi connectivity index (χ2n) is 7.56. The van der Waals surface area contributed by atoms with Crippen LogP contribution in [0.1, 0.15) is 11.1 Å². The second-order valence-corrected chi connectivity index (χ2v) is 8.94. The fraction of sp³-hybridized carbons (Fsp3) is 0.160. The fourth-order valence-corrected chi connectivity index (χ4v) is 4.37. The van der Waals surface area contributed by atoms with Gasteiger partial charge in [0.2, 0.25) is 5.91 Å². The average Bonchev–Trinajstić information content (AvgIpc) is 3.21. The fourth-order valence-electron chi connectivity index (χ4n) is 3.49. The van der Waals surface area contributed by atoms with E-state index >= 15 is 0 Å². The van der Waals surface area contributed by atoms with E-state index in [1.807, 2.05) is 79.1 Å². The number of halogens is 1. The first-order valence-corrected chi connectivity index (χ1v) is 11.7. The first-order chi connectivity index (χ1) is 15.9. The van der Waals surface area contributed by atoms with Gasteiger partial charge in [-0.1, -0.05) is 29.4 Å². The second kappa shape index (κ2) is 10.1. The van der Waals surface area contributed by atoms with Crippen molar-refractivity contribution in [2.24, 2.45) is 0 Å². The Hall–Kier alpha value is -3.29. The molecule has 0 fully saturated rings. The third kappa shape index (κ3) is 5.56. The van der Waals surface area contributed by atoms with Crippen molar-refractivity contribution in [3.05, 3.63) is 82.9 Å². The minimum atomic E-state index is -0.110. The maximum Gasteiger partial charge on any atom is 0.234 e. The molecule has 0 saturated carbocycles. The van der Waals surface area contributed by atoms with Crippen molar-refractivity contribution in [1.29, 1.82) is 0 Å². The molecule has 4 aromatic rings. The van der Waals surface area contributed by atoms with Crippen LogP contribution in [-0.2, 0) is 4.79 Å². The zero-order valence-electron chi connectivity index (χ0n) is 18.5. The molecular formula is C25H23ClN4O2S. The maximum atomic E-state index is 12.6. The first kappa shape index (κ1) is 22.9. The molecule has 0 aliphatic rings. The van der Waals surface area contributed by atoms with Crippen LogP contribution < -0.4 is 10.1 Å². The molecule has 1 heterocycles. The van der Waals surface area contributed by atoms with Gasteiger partial charge in [-0.2, -0.15) is 0 Å². The van der Waals surface area contributed by atoms with Crippen molar-refractivity contribution in [3.63, 3.8) is 0 Å². The van der Waals surface area contributed by atoms with Gasteiger partial charge in [-0.15, -0.1) is 10.2 Å². The first-order valence-electron chi connectivity index (χ1n) is 10.3. The summed E-state index contributed by atoms with van der Waals surface area (Å²) in [5, 5.41) is 13.0. The molecule has 1 amide bonds. The van der Waals surface area contributed by atoms with E-state index in [2.05, 4.69) is 21.6 Å². The van der Waals surface area contributed by atoms with Crippen LogP contribution in [0, 0.1) is 13.8 Å². The van der Waals surface area contributed by atoms with Crippen molar-refractivity contribution in [1.82, 2.24) is 14.8 Å². The van der Waals surface area contributed by atoms with E-state index in [1.165, 1.54) is 11.8 Å². The van der Waals surface area contributed by atoms with Crippen LogP contribution in [0.5, 0.6) is 5.75 Å². The Balaban J connectivity index is 1.60. The quantitative estimate of drug-likeness (QED) is 0.333. The van der Waals surface area contributed by atoms with Gasteiger partial charge in [-0.3, -0.25) is 9.36 Å².